The molecule has 1 N–H and O–H groups in total. The van der Waals surface area contributed by atoms with Gasteiger partial charge in [-0.15, -0.1) is 0 Å². The van der Waals surface area contributed by atoms with Gasteiger partial charge in [0.25, 0.3) is 0 Å². The van der Waals surface area contributed by atoms with Crippen LogP contribution in [0.25, 0.3) is 0 Å². The minimum Gasteiger partial charge on any atom is -0.481 e. The van der Waals surface area contributed by atoms with E-state index in [9.17, 15) is 4.79 Å². The van der Waals surface area contributed by atoms with E-state index in [1.807, 2.05) is 18.2 Å². The second-order valence-corrected chi connectivity index (χ2v) is 7.44. The molecule has 3 rings (SSSR count). The number of aliphatic carboxylic acids is 1. The van der Waals surface area contributed by atoms with Crippen molar-refractivity contribution in [3.8, 4) is 0 Å². The summed E-state index contributed by atoms with van der Waals surface area (Å²) >= 11 is 4.74. The van der Waals surface area contributed by atoms with Crippen LogP contribution in [0.1, 0.15) is 36.0 Å². The largest absolute Gasteiger partial charge is 0.481 e. The van der Waals surface area contributed by atoms with Gasteiger partial charge in [0.15, 0.2) is 0 Å². The fraction of sp³-hybridized carbons (Fsp3) is 0.240. The van der Waals surface area contributed by atoms with E-state index in [1.54, 1.807) is 0 Å². The van der Waals surface area contributed by atoms with Gasteiger partial charge in [-0.2, -0.15) is 12.6 Å². The molecule has 0 spiro atoms. The molecule has 0 aliphatic carbocycles. The maximum Gasteiger partial charge on any atom is 0.303 e. The van der Waals surface area contributed by atoms with Crippen molar-refractivity contribution in [2.45, 2.75) is 24.7 Å². The maximum absolute atomic E-state index is 11.1. The zero-order chi connectivity index (χ0) is 19.8. The van der Waals surface area contributed by atoms with E-state index in [2.05, 4.69) is 72.8 Å². The zero-order valence-electron chi connectivity index (χ0n) is 15.9. The van der Waals surface area contributed by atoms with Crippen molar-refractivity contribution in [2.24, 2.45) is 5.92 Å². The third kappa shape index (κ3) is 4.15. The molecule has 0 saturated carbocycles. The second-order valence-electron chi connectivity index (χ2n) is 7.07. The lowest BCUT2D eigenvalue weighted by Gasteiger charge is -2.42. The van der Waals surface area contributed by atoms with Crippen LogP contribution < -0.4 is 0 Å². The van der Waals surface area contributed by atoms with Gasteiger partial charge in [0.1, 0.15) is 0 Å². The predicted molar refractivity (Wildman–Crippen MR) is 118 cm³/mol. The Morgan fingerprint density at radius 3 is 1.50 bits per heavy atom. The molecule has 0 fully saturated rings. The summed E-state index contributed by atoms with van der Waals surface area (Å²) in [6, 6.07) is 31.6. The maximum atomic E-state index is 11.1. The minimum atomic E-state index is -0.748. The van der Waals surface area contributed by atoms with Gasteiger partial charge in [-0.25, -0.2) is 0 Å². The van der Waals surface area contributed by atoms with E-state index in [0.717, 1.165) is 6.42 Å². The van der Waals surface area contributed by atoms with Gasteiger partial charge in [0, 0.05) is 11.8 Å². The van der Waals surface area contributed by atoms with Crippen LogP contribution in [0.3, 0.4) is 0 Å². The van der Waals surface area contributed by atoms with Crippen molar-refractivity contribution in [1.29, 1.82) is 0 Å². The first kappa shape index (κ1) is 20.2. The third-order valence-electron chi connectivity index (χ3n) is 5.46. The highest BCUT2D eigenvalue weighted by Gasteiger charge is 2.42. The molecule has 28 heavy (non-hydrogen) atoms. The van der Waals surface area contributed by atoms with Crippen LogP contribution in [0, 0.1) is 5.92 Å². The van der Waals surface area contributed by atoms with Crippen LogP contribution in [-0.2, 0) is 10.2 Å². The number of thiol groups is 1. The quantitative estimate of drug-likeness (QED) is 0.357. The Morgan fingerprint density at radius 2 is 1.18 bits per heavy atom. The minimum absolute atomic E-state index is 0.155. The normalized spacial score (nSPS) is 12.5. The first-order chi connectivity index (χ1) is 13.7. The SMILES string of the molecule is O=C(O)CCCC(CS)C(c1ccccc1)(c1ccccc1)c1ccccc1. The molecule has 0 radical (unpaired) electrons. The first-order valence-corrected chi connectivity index (χ1v) is 10.3. The van der Waals surface area contributed by atoms with Gasteiger partial charge in [-0.05, 0) is 41.2 Å². The van der Waals surface area contributed by atoms with E-state index in [1.165, 1.54) is 16.7 Å². The number of rotatable bonds is 9. The summed E-state index contributed by atoms with van der Waals surface area (Å²) in [4.78, 5) is 11.1. The van der Waals surface area contributed by atoms with Crippen LogP contribution >= 0.6 is 12.6 Å². The number of hydrogen-bond donors (Lipinski definition) is 2. The highest BCUT2D eigenvalue weighted by Crippen LogP contribution is 2.47. The van der Waals surface area contributed by atoms with Gasteiger partial charge >= 0.3 is 5.97 Å². The lowest BCUT2D eigenvalue weighted by atomic mass is 9.61. The molecule has 0 bridgehead atoms. The summed E-state index contributed by atoms with van der Waals surface area (Å²) in [5, 5.41) is 9.13. The highest BCUT2D eigenvalue weighted by molar-refractivity contribution is 7.80. The first-order valence-electron chi connectivity index (χ1n) is 9.68. The Hall–Kier alpha value is -2.52. The Labute approximate surface area is 172 Å². The van der Waals surface area contributed by atoms with E-state index >= 15 is 0 Å². The fourth-order valence-corrected chi connectivity index (χ4v) is 4.71. The molecule has 1 atom stereocenters. The van der Waals surface area contributed by atoms with Crippen molar-refractivity contribution >= 4 is 18.6 Å². The fourth-order valence-electron chi connectivity index (χ4n) is 4.25. The lowest BCUT2D eigenvalue weighted by molar-refractivity contribution is -0.137. The molecular weight excluding hydrogens is 364 g/mol. The van der Waals surface area contributed by atoms with Gasteiger partial charge in [-0.3, -0.25) is 4.79 Å². The average molecular weight is 391 g/mol. The number of carboxylic acids is 1. The summed E-state index contributed by atoms with van der Waals surface area (Å²) in [5.41, 5.74) is 3.25. The number of carboxylic acid groups (broad SMARTS) is 1. The molecule has 0 aliphatic heterocycles. The summed E-state index contributed by atoms with van der Waals surface area (Å²) in [6.07, 6.45) is 1.60. The molecule has 0 saturated heterocycles. The second kappa shape index (κ2) is 9.61. The Balaban J connectivity index is 2.22. The van der Waals surface area contributed by atoms with E-state index in [0.29, 0.717) is 12.2 Å². The molecule has 3 aromatic rings. The van der Waals surface area contributed by atoms with Crippen molar-refractivity contribution in [3.05, 3.63) is 108 Å². The van der Waals surface area contributed by atoms with E-state index in [4.69, 9.17) is 17.7 Å². The average Bonchev–Trinajstić information content (AvgIpc) is 2.75. The molecular formula is C25H26O2S. The number of carbonyl (C=O) groups is 1. The molecule has 0 heterocycles. The summed E-state index contributed by atoms with van der Waals surface area (Å²) in [7, 11) is 0. The van der Waals surface area contributed by atoms with Crippen LogP contribution in [0.4, 0.5) is 0 Å². The molecule has 3 heteroatoms. The van der Waals surface area contributed by atoms with Crippen molar-refractivity contribution in [1.82, 2.24) is 0 Å². The van der Waals surface area contributed by atoms with E-state index in [-0.39, 0.29) is 17.8 Å². The van der Waals surface area contributed by atoms with Gasteiger partial charge in [-0.1, -0.05) is 91.0 Å². The Bertz CT molecular complexity index is 766. The van der Waals surface area contributed by atoms with Crippen molar-refractivity contribution in [2.75, 3.05) is 5.75 Å². The van der Waals surface area contributed by atoms with Crippen molar-refractivity contribution < 1.29 is 9.90 Å². The van der Waals surface area contributed by atoms with Crippen LogP contribution in [0.5, 0.6) is 0 Å². The van der Waals surface area contributed by atoms with Gasteiger partial charge < -0.3 is 5.11 Å². The summed E-state index contributed by atoms with van der Waals surface area (Å²) in [5.74, 6) is 0.0724. The highest BCUT2D eigenvalue weighted by atomic mass is 32.1. The van der Waals surface area contributed by atoms with Gasteiger partial charge in [0.2, 0.25) is 0 Å². The standard InChI is InChI=1S/C25H26O2S/c26-24(27)18-10-17-23(19-28)25(20-11-4-1-5-12-20,21-13-6-2-7-14-21)22-15-8-3-9-16-22/h1-9,11-16,23,28H,10,17-19H2,(H,26,27). The number of hydrogen-bond acceptors (Lipinski definition) is 2. The Morgan fingerprint density at radius 1 is 0.786 bits per heavy atom. The Kier molecular flexibility index (Phi) is 6.94. The zero-order valence-corrected chi connectivity index (χ0v) is 16.8. The smallest absolute Gasteiger partial charge is 0.303 e. The molecule has 144 valence electrons. The lowest BCUT2D eigenvalue weighted by Crippen LogP contribution is -2.39. The van der Waals surface area contributed by atoms with Crippen molar-refractivity contribution in [3.63, 3.8) is 0 Å². The summed E-state index contributed by atoms with van der Waals surface area (Å²) in [6.45, 7) is 0. The molecule has 0 amide bonds. The van der Waals surface area contributed by atoms with Crippen LogP contribution in [-0.4, -0.2) is 16.8 Å². The van der Waals surface area contributed by atoms with Crippen LogP contribution in [0.2, 0.25) is 0 Å². The molecule has 1 unspecified atom stereocenters. The van der Waals surface area contributed by atoms with E-state index < -0.39 is 5.97 Å². The van der Waals surface area contributed by atoms with Gasteiger partial charge in [0.05, 0.1) is 0 Å². The summed E-state index contributed by atoms with van der Waals surface area (Å²) < 4.78 is 0. The monoisotopic (exact) mass is 390 g/mol. The van der Waals surface area contributed by atoms with Crippen LogP contribution in [0.15, 0.2) is 91.0 Å². The molecule has 0 aromatic heterocycles. The predicted octanol–water partition coefficient (Wildman–Crippen LogP) is 5.82. The molecule has 2 nitrogen and oxygen atoms in total. The number of benzene rings is 3. The molecule has 0 aliphatic rings. The topological polar surface area (TPSA) is 37.3 Å². The third-order valence-corrected chi connectivity index (χ3v) is 5.90. The molecule has 3 aromatic carbocycles.